The summed E-state index contributed by atoms with van der Waals surface area (Å²) in [4.78, 5) is 12.4. The molecule has 25 heavy (non-hydrogen) atoms. The predicted octanol–water partition coefficient (Wildman–Crippen LogP) is 4.62. The first-order chi connectivity index (χ1) is 12.2. The molecule has 3 aromatic rings. The van der Waals surface area contributed by atoms with E-state index in [1.165, 1.54) is 5.56 Å². The highest BCUT2D eigenvalue weighted by molar-refractivity contribution is 5.84. The van der Waals surface area contributed by atoms with Gasteiger partial charge in [0.1, 0.15) is 5.75 Å². The minimum Gasteiger partial charge on any atom is -0.481 e. The Balaban J connectivity index is 1.64. The fourth-order valence-corrected chi connectivity index (χ4v) is 2.74. The fraction of sp³-hybridized carbons (Fsp3) is 0.227. The van der Waals surface area contributed by atoms with Gasteiger partial charge in [0, 0.05) is 6.54 Å². The van der Waals surface area contributed by atoms with Gasteiger partial charge < -0.3 is 10.1 Å². The molecule has 128 valence electrons. The molecule has 0 heterocycles. The molecule has 0 aromatic heterocycles. The zero-order chi connectivity index (χ0) is 17.6. The molecule has 0 aliphatic rings. The number of hydrogen-bond acceptors (Lipinski definition) is 2. The number of carbonyl (C=O) groups excluding carboxylic acids is 1. The highest BCUT2D eigenvalue weighted by Crippen LogP contribution is 2.22. The van der Waals surface area contributed by atoms with Crippen LogP contribution in [0.3, 0.4) is 0 Å². The molecule has 0 spiro atoms. The van der Waals surface area contributed by atoms with E-state index >= 15 is 0 Å². The van der Waals surface area contributed by atoms with Gasteiger partial charge in [0.15, 0.2) is 6.10 Å². The largest absolute Gasteiger partial charge is 0.481 e. The van der Waals surface area contributed by atoms with Gasteiger partial charge in [-0.25, -0.2) is 0 Å². The molecular formula is C22H23NO2. The van der Waals surface area contributed by atoms with Crippen molar-refractivity contribution in [1.29, 1.82) is 0 Å². The van der Waals surface area contributed by atoms with Crippen LogP contribution in [-0.2, 0) is 11.3 Å². The molecule has 3 rings (SSSR count). The van der Waals surface area contributed by atoms with Crippen LogP contribution < -0.4 is 10.1 Å². The van der Waals surface area contributed by atoms with E-state index in [9.17, 15) is 4.79 Å². The molecule has 1 N–H and O–H groups in total. The van der Waals surface area contributed by atoms with Crippen LogP contribution in [0.25, 0.3) is 10.8 Å². The Kier molecular flexibility index (Phi) is 5.34. The maximum absolute atomic E-state index is 12.4. The summed E-state index contributed by atoms with van der Waals surface area (Å²) in [5.41, 5.74) is 2.29. The average Bonchev–Trinajstić information content (AvgIpc) is 2.65. The van der Waals surface area contributed by atoms with E-state index in [-0.39, 0.29) is 5.91 Å². The standard InChI is InChI=1S/C22H23NO2/c1-3-21(22(24)23-15-17-10-8-16(2)9-11-17)25-20-13-12-18-6-4-5-7-19(18)14-20/h4-14,21H,3,15H2,1-2H3,(H,23,24)/t21-/m1/s1. The summed E-state index contributed by atoms with van der Waals surface area (Å²) in [7, 11) is 0. The van der Waals surface area contributed by atoms with E-state index in [0.717, 1.165) is 22.1 Å². The van der Waals surface area contributed by atoms with Crippen LogP contribution in [0.15, 0.2) is 66.7 Å². The van der Waals surface area contributed by atoms with E-state index in [2.05, 4.69) is 11.4 Å². The summed E-state index contributed by atoms with van der Waals surface area (Å²) in [5, 5.41) is 5.23. The Morgan fingerprint density at radius 2 is 1.72 bits per heavy atom. The Hall–Kier alpha value is -2.81. The topological polar surface area (TPSA) is 38.3 Å². The first kappa shape index (κ1) is 17.0. The number of fused-ring (bicyclic) bond motifs is 1. The molecule has 0 aliphatic carbocycles. The Morgan fingerprint density at radius 1 is 1.00 bits per heavy atom. The number of amides is 1. The third-order valence-electron chi connectivity index (χ3n) is 4.25. The minimum atomic E-state index is -0.494. The smallest absolute Gasteiger partial charge is 0.261 e. The van der Waals surface area contributed by atoms with Crippen LogP contribution >= 0.6 is 0 Å². The van der Waals surface area contributed by atoms with Gasteiger partial charge in [0.05, 0.1) is 0 Å². The number of hydrogen-bond donors (Lipinski definition) is 1. The van der Waals surface area contributed by atoms with Gasteiger partial charge in [-0.2, -0.15) is 0 Å². The van der Waals surface area contributed by atoms with Gasteiger partial charge in [0.2, 0.25) is 0 Å². The molecular weight excluding hydrogens is 310 g/mol. The summed E-state index contributed by atoms with van der Waals surface area (Å²) >= 11 is 0. The lowest BCUT2D eigenvalue weighted by Crippen LogP contribution is -2.37. The van der Waals surface area contributed by atoms with Crippen molar-refractivity contribution < 1.29 is 9.53 Å². The number of carbonyl (C=O) groups is 1. The van der Waals surface area contributed by atoms with Crippen LogP contribution in [-0.4, -0.2) is 12.0 Å². The molecule has 1 atom stereocenters. The van der Waals surface area contributed by atoms with Crippen molar-refractivity contribution in [3.63, 3.8) is 0 Å². The molecule has 0 radical (unpaired) electrons. The van der Waals surface area contributed by atoms with Crippen molar-refractivity contribution in [2.45, 2.75) is 32.9 Å². The van der Waals surface area contributed by atoms with E-state index < -0.39 is 6.10 Å². The molecule has 0 saturated heterocycles. The van der Waals surface area contributed by atoms with Gasteiger partial charge >= 0.3 is 0 Å². The zero-order valence-electron chi connectivity index (χ0n) is 14.7. The van der Waals surface area contributed by atoms with Crippen molar-refractivity contribution in [2.24, 2.45) is 0 Å². The van der Waals surface area contributed by atoms with Crippen molar-refractivity contribution in [3.05, 3.63) is 77.9 Å². The average molecular weight is 333 g/mol. The fourth-order valence-electron chi connectivity index (χ4n) is 2.74. The summed E-state index contributed by atoms with van der Waals surface area (Å²) in [5.74, 6) is 0.632. The van der Waals surface area contributed by atoms with Crippen molar-refractivity contribution in [1.82, 2.24) is 5.32 Å². The molecule has 3 heteroatoms. The first-order valence-electron chi connectivity index (χ1n) is 8.64. The van der Waals surface area contributed by atoms with Gasteiger partial charge in [-0.15, -0.1) is 0 Å². The molecule has 1 amide bonds. The number of nitrogens with one attached hydrogen (secondary N) is 1. The zero-order valence-corrected chi connectivity index (χ0v) is 14.7. The molecule has 3 aromatic carbocycles. The maximum atomic E-state index is 12.4. The molecule has 3 nitrogen and oxygen atoms in total. The van der Waals surface area contributed by atoms with Crippen molar-refractivity contribution in [3.8, 4) is 5.75 Å². The third-order valence-corrected chi connectivity index (χ3v) is 4.25. The van der Waals surface area contributed by atoms with E-state index in [1.54, 1.807) is 0 Å². The molecule has 0 unspecified atom stereocenters. The summed E-state index contributed by atoms with van der Waals surface area (Å²) < 4.78 is 5.93. The van der Waals surface area contributed by atoms with E-state index in [4.69, 9.17) is 4.74 Å². The Labute approximate surface area is 148 Å². The number of rotatable bonds is 6. The van der Waals surface area contributed by atoms with Crippen LogP contribution in [0.5, 0.6) is 5.75 Å². The SMILES string of the molecule is CC[C@@H](Oc1ccc2ccccc2c1)C(=O)NCc1ccc(C)cc1. The lowest BCUT2D eigenvalue weighted by Gasteiger charge is -2.17. The molecule has 0 saturated carbocycles. The lowest BCUT2D eigenvalue weighted by atomic mass is 10.1. The maximum Gasteiger partial charge on any atom is 0.261 e. The quantitative estimate of drug-likeness (QED) is 0.715. The molecule has 0 fully saturated rings. The van der Waals surface area contributed by atoms with Crippen molar-refractivity contribution >= 4 is 16.7 Å². The van der Waals surface area contributed by atoms with Crippen LogP contribution in [0, 0.1) is 6.92 Å². The highest BCUT2D eigenvalue weighted by atomic mass is 16.5. The summed E-state index contributed by atoms with van der Waals surface area (Å²) in [6.45, 7) is 4.51. The van der Waals surface area contributed by atoms with Crippen LogP contribution in [0.1, 0.15) is 24.5 Å². The second kappa shape index (κ2) is 7.84. The first-order valence-corrected chi connectivity index (χ1v) is 8.64. The predicted molar refractivity (Wildman–Crippen MR) is 102 cm³/mol. The van der Waals surface area contributed by atoms with Crippen LogP contribution in [0.4, 0.5) is 0 Å². The number of aryl methyl sites for hydroxylation is 1. The normalized spacial score (nSPS) is 11.9. The Bertz CT molecular complexity index is 855. The third kappa shape index (κ3) is 4.38. The lowest BCUT2D eigenvalue weighted by molar-refractivity contribution is -0.128. The highest BCUT2D eigenvalue weighted by Gasteiger charge is 2.18. The second-order valence-corrected chi connectivity index (χ2v) is 6.23. The van der Waals surface area contributed by atoms with Gasteiger partial charge in [-0.05, 0) is 41.8 Å². The van der Waals surface area contributed by atoms with Crippen LogP contribution in [0.2, 0.25) is 0 Å². The van der Waals surface area contributed by atoms with E-state index in [1.807, 2.05) is 74.5 Å². The molecule has 0 bridgehead atoms. The number of ether oxygens (including phenoxy) is 1. The summed E-state index contributed by atoms with van der Waals surface area (Å²) in [6, 6.07) is 22.2. The van der Waals surface area contributed by atoms with Gasteiger partial charge in [-0.3, -0.25) is 4.79 Å². The number of benzene rings is 3. The Morgan fingerprint density at radius 3 is 2.44 bits per heavy atom. The monoisotopic (exact) mass is 333 g/mol. The second-order valence-electron chi connectivity index (χ2n) is 6.23. The van der Waals surface area contributed by atoms with Crippen molar-refractivity contribution in [2.75, 3.05) is 0 Å². The van der Waals surface area contributed by atoms with Gasteiger partial charge in [-0.1, -0.05) is 67.1 Å². The molecule has 0 aliphatic heterocycles. The minimum absolute atomic E-state index is 0.0868. The van der Waals surface area contributed by atoms with Gasteiger partial charge in [0.25, 0.3) is 5.91 Å². The van der Waals surface area contributed by atoms with E-state index in [0.29, 0.717) is 13.0 Å². The summed E-state index contributed by atoms with van der Waals surface area (Å²) in [6.07, 6.45) is 0.124.